The zero-order valence-electron chi connectivity index (χ0n) is 12.4. The van der Waals surface area contributed by atoms with Crippen molar-refractivity contribution in [1.29, 1.82) is 0 Å². The summed E-state index contributed by atoms with van der Waals surface area (Å²) in [5, 5.41) is 9.33. The number of nitrogens with one attached hydrogen (secondary N) is 1. The molecule has 3 rings (SSSR count). The van der Waals surface area contributed by atoms with E-state index in [9.17, 15) is 0 Å². The highest BCUT2D eigenvalue weighted by Crippen LogP contribution is 2.28. The highest BCUT2D eigenvalue weighted by Gasteiger charge is 2.09. The van der Waals surface area contributed by atoms with Crippen LogP contribution in [0.1, 0.15) is 16.8 Å². The molecule has 0 atom stereocenters. The lowest BCUT2D eigenvalue weighted by Gasteiger charge is -2.12. The van der Waals surface area contributed by atoms with Gasteiger partial charge in [0.05, 0.1) is 23.4 Å². The van der Waals surface area contributed by atoms with Gasteiger partial charge in [0.1, 0.15) is 0 Å². The molecule has 0 fully saturated rings. The molecule has 0 unspecified atom stereocenters. The van der Waals surface area contributed by atoms with Gasteiger partial charge < -0.3 is 5.32 Å². The molecule has 21 heavy (non-hydrogen) atoms. The van der Waals surface area contributed by atoms with Crippen LogP contribution >= 0.6 is 15.9 Å². The van der Waals surface area contributed by atoms with Gasteiger partial charge in [-0.05, 0) is 53.0 Å². The summed E-state index contributed by atoms with van der Waals surface area (Å²) >= 11 is 3.64. The van der Waals surface area contributed by atoms with Gasteiger partial charge in [-0.3, -0.25) is 4.68 Å². The van der Waals surface area contributed by atoms with E-state index in [1.165, 1.54) is 16.5 Å². The number of aromatic nitrogens is 2. The maximum absolute atomic E-state index is 4.62. The quantitative estimate of drug-likeness (QED) is 0.755. The molecule has 3 aromatic rings. The second kappa shape index (κ2) is 5.53. The van der Waals surface area contributed by atoms with Crippen molar-refractivity contribution < 1.29 is 0 Å². The fourth-order valence-electron chi connectivity index (χ4n) is 2.73. The molecule has 0 saturated heterocycles. The average Bonchev–Trinajstić information content (AvgIpc) is 2.75. The molecule has 0 saturated carbocycles. The first-order valence-corrected chi connectivity index (χ1v) is 7.77. The molecule has 0 bridgehead atoms. The summed E-state index contributed by atoms with van der Waals surface area (Å²) in [5.74, 6) is 0. The zero-order chi connectivity index (χ0) is 15.0. The van der Waals surface area contributed by atoms with E-state index in [2.05, 4.69) is 70.5 Å². The van der Waals surface area contributed by atoms with Gasteiger partial charge in [-0.1, -0.05) is 24.3 Å². The predicted molar refractivity (Wildman–Crippen MR) is 91.7 cm³/mol. The number of halogens is 1. The maximum atomic E-state index is 4.62. The van der Waals surface area contributed by atoms with Crippen LogP contribution in [0.2, 0.25) is 0 Å². The summed E-state index contributed by atoms with van der Waals surface area (Å²) in [6.07, 6.45) is 0. The van der Waals surface area contributed by atoms with Crippen molar-refractivity contribution >= 4 is 32.5 Å². The number of aryl methyl sites for hydroxylation is 3. The standard InChI is InChI=1S/C17H18BrN3/c1-11-8-12(2)17(14(18)9-11)19-10-15-13-6-4-5-7-16(13)21(3)20-15/h4-9,19H,10H2,1-3H3. The highest BCUT2D eigenvalue weighted by molar-refractivity contribution is 9.10. The molecule has 1 heterocycles. The van der Waals surface area contributed by atoms with E-state index in [4.69, 9.17) is 0 Å². The number of para-hydroxylation sites is 1. The molecule has 1 aromatic heterocycles. The minimum Gasteiger partial charge on any atom is -0.378 e. The van der Waals surface area contributed by atoms with Crippen LogP contribution in [-0.4, -0.2) is 9.78 Å². The number of fused-ring (bicyclic) bond motifs is 1. The van der Waals surface area contributed by atoms with E-state index >= 15 is 0 Å². The topological polar surface area (TPSA) is 29.9 Å². The molecular weight excluding hydrogens is 326 g/mol. The van der Waals surface area contributed by atoms with Crippen molar-refractivity contribution in [1.82, 2.24) is 9.78 Å². The Labute approximate surface area is 133 Å². The van der Waals surface area contributed by atoms with Gasteiger partial charge in [0.25, 0.3) is 0 Å². The minimum absolute atomic E-state index is 0.712. The number of nitrogens with zero attached hydrogens (tertiary/aromatic N) is 2. The van der Waals surface area contributed by atoms with Crippen LogP contribution in [0.3, 0.4) is 0 Å². The molecule has 1 N–H and O–H groups in total. The SMILES string of the molecule is Cc1cc(C)c(NCc2nn(C)c3ccccc23)c(Br)c1. The largest absolute Gasteiger partial charge is 0.378 e. The number of benzene rings is 2. The number of hydrogen-bond acceptors (Lipinski definition) is 2. The fourth-order valence-corrected chi connectivity index (χ4v) is 3.54. The lowest BCUT2D eigenvalue weighted by molar-refractivity contribution is 0.771. The molecule has 2 aromatic carbocycles. The second-order valence-corrected chi connectivity index (χ2v) is 6.23. The Morgan fingerprint density at radius 1 is 1.19 bits per heavy atom. The fraction of sp³-hybridized carbons (Fsp3) is 0.235. The van der Waals surface area contributed by atoms with E-state index in [1.807, 2.05) is 17.8 Å². The van der Waals surface area contributed by atoms with Gasteiger partial charge in [-0.15, -0.1) is 0 Å². The summed E-state index contributed by atoms with van der Waals surface area (Å²) < 4.78 is 3.03. The van der Waals surface area contributed by atoms with Gasteiger partial charge in [0.15, 0.2) is 0 Å². The minimum atomic E-state index is 0.712. The second-order valence-electron chi connectivity index (χ2n) is 5.38. The monoisotopic (exact) mass is 343 g/mol. The summed E-state index contributed by atoms with van der Waals surface area (Å²) in [4.78, 5) is 0. The van der Waals surface area contributed by atoms with Crippen molar-refractivity contribution in [3.8, 4) is 0 Å². The van der Waals surface area contributed by atoms with Crippen LogP contribution in [0.4, 0.5) is 5.69 Å². The lowest BCUT2D eigenvalue weighted by Crippen LogP contribution is -2.04. The summed E-state index contributed by atoms with van der Waals surface area (Å²) in [7, 11) is 1.98. The molecule has 4 heteroatoms. The smallest absolute Gasteiger partial charge is 0.0894 e. The van der Waals surface area contributed by atoms with Gasteiger partial charge in [-0.2, -0.15) is 5.10 Å². The summed E-state index contributed by atoms with van der Waals surface area (Å²) in [6.45, 7) is 4.94. The highest BCUT2D eigenvalue weighted by atomic mass is 79.9. The Hall–Kier alpha value is -1.81. The number of rotatable bonds is 3. The zero-order valence-corrected chi connectivity index (χ0v) is 14.0. The molecule has 0 aliphatic rings. The van der Waals surface area contributed by atoms with Crippen molar-refractivity contribution in [2.75, 3.05) is 5.32 Å². The third kappa shape index (κ3) is 2.68. The molecule has 0 amide bonds. The number of hydrogen-bond donors (Lipinski definition) is 1. The van der Waals surface area contributed by atoms with Crippen LogP contribution in [0.15, 0.2) is 40.9 Å². The molecule has 0 aliphatic carbocycles. The average molecular weight is 344 g/mol. The Morgan fingerprint density at radius 2 is 1.95 bits per heavy atom. The van der Waals surface area contributed by atoms with E-state index in [0.717, 1.165) is 21.4 Å². The van der Waals surface area contributed by atoms with E-state index in [-0.39, 0.29) is 0 Å². The predicted octanol–water partition coefficient (Wildman–Crippen LogP) is 4.56. The molecule has 0 radical (unpaired) electrons. The van der Waals surface area contributed by atoms with Gasteiger partial charge in [-0.25, -0.2) is 0 Å². The van der Waals surface area contributed by atoms with Crippen LogP contribution in [0.5, 0.6) is 0 Å². The first-order valence-electron chi connectivity index (χ1n) is 6.97. The van der Waals surface area contributed by atoms with Gasteiger partial charge >= 0.3 is 0 Å². The Balaban J connectivity index is 1.91. The van der Waals surface area contributed by atoms with Gasteiger partial charge in [0.2, 0.25) is 0 Å². The van der Waals surface area contributed by atoms with Crippen LogP contribution in [-0.2, 0) is 13.6 Å². The van der Waals surface area contributed by atoms with Crippen LogP contribution in [0.25, 0.3) is 10.9 Å². The Kier molecular flexibility index (Phi) is 3.72. The first-order chi connectivity index (χ1) is 10.1. The molecule has 108 valence electrons. The summed E-state index contributed by atoms with van der Waals surface area (Å²) in [5.41, 5.74) is 5.86. The van der Waals surface area contributed by atoms with E-state index < -0.39 is 0 Å². The molecular formula is C17H18BrN3. The molecule has 0 aliphatic heterocycles. The van der Waals surface area contributed by atoms with Gasteiger partial charge in [0, 0.05) is 16.9 Å². The third-order valence-corrected chi connectivity index (χ3v) is 4.32. The first kappa shape index (κ1) is 14.1. The Bertz CT molecular complexity index is 782. The normalized spacial score (nSPS) is 11.0. The van der Waals surface area contributed by atoms with Crippen molar-refractivity contribution in [3.63, 3.8) is 0 Å². The van der Waals surface area contributed by atoms with Crippen LogP contribution < -0.4 is 5.32 Å². The number of anilines is 1. The third-order valence-electron chi connectivity index (χ3n) is 3.70. The molecule has 3 nitrogen and oxygen atoms in total. The Morgan fingerprint density at radius 3 is 2.71 bits per heavy atom. The van der Waals surface area contributed by atoms with Crippen molar-refractivity contribution in [3.05, 3.63) is 57.7 Å². The lowest BCUT2D eigenvalue weighted by atomic mass is 10.1. The molecule has 0 spiro atoms. The van der Waals surface area contributed by atoms with Crippen LogP contribution in [0, 0.1) is 13.8 Å². The maximum Gasteiger partial charge on any atom is 0.0894 e. The van der Waals surface area contributed by atoms with Crippen molar-refractivity contribution in [2.45, 2.75) is 20.4 Å². The van der Waals surface area contributed by atoms with E-state index in [0.29, 0.717) is 6.54 Å². The summed E-state index contributed by atoms with van der Waals surface area (Å²) in [6, 6.07) is 12.6. The van der Waals surface area contributed by atoms with E-state index in [1.54, 1.807) is 0 Å². The van der Waals surface area contributed by atoms with Crippen molar-refractivity contribution in [2.24, 2.45) is 7.05 Å².